The molecule has 1 aromatic rings. The Bertz CT molecular complexity index is 213. The molecule has 0 unspecified atom stereocenters. The van der Waals surface area contributed by atoms with Gasteiger partial charge < -0.3 is 0 Å². The third kappa shape index (κ3) is 1.20. The molecule has 10 heavy (non-hydrogen) atoms. The Hall–Kier alpha value is -0.790. The van der Waals surface area contributed by atoms with Crippen LogP contribution in [0.25, 0.3) is 0 Å². The Labute approximate surface area is 62.1 Å². The highest BCUT2D eigenvalue weighted by Crippen LogP contribution is 1.93. The van der Waals surface area contributed by atoms with E-state index in [1.165, 1.54) is 5.69 Å². The summed E-state index contributed by atoms with van der Waals surface area (Å²) >= 11 is 0. The van der Waals surface area contributed by atoms with Crippen molar-refractivity contribution in [2.45, 2.75) is 33.9 Å². The van der Waals surface area contributed by atoms with E-state index in [0.717, 1.165) is 13.1 Å². The molecule has 0 aromatic carbocycles. The van der Waals surface area contributed by atoms with Crippen molar-refractivity contribution in [3.05, 3.63) is 18.2 Å². The minimum absolute atomic E-state index is 1.06. The molecule has 0 fully saturated rings. The summed E-state index contributed by atoms with van der Waals surface area (Å²) in [6.07, 6.45) is 4.32. The lowest BCUT2D eigenvalue weighted by Crippen LogP contribution is -2.28. The topological polar surface area (TPSA) is 8.81 Å². The van der Waals surface area contributed by atoms with Gasteiger partial charge in [-0.3, -0.25) is 0 Å². The molecule has 0 N–H and O–H groups in total. The quantitative estimate of drug-likeness (QED) is 0.543. The Morgan fingerprint density at radius 1 is 1.50 bits per heavy atom. The van der Waals surface area contributed by atoms with Gasteiger partial charge in [-0.25, -0.2) is 9.13 Å². The van der Waals surface area contributed by atoms with Crippen LogP contribution in [-0.2, 0) is 13.1 Å². The molecule has 0 aliphatic heterocycles. The Balaban J connectivity index is 2.92. The van der Waals surface area contributed by atoms with Crippen molar-refractivity contribution in [1.82, 2.24) is 4.57 Å². The molecule has 0 bridgehead atoms. The number of hydrogen-bond donors (Lipinski definition) is 0. The maximum Gasteiger partial charge on any atom is 0.243 e. The van der Waals surface area contributed by atoms with Gasteiger partial charge in [0.1, 0.15) is 11.9 Å². The minimum Gasteiger partial charge on any atom is -0.237 e. The van der Waals surface area contributed by atoms with Crippen LogP contribution in [0, 0.1) is 6.92 Å². The maximum atomic E-state index is 2.24. The maximum absolute atomic E-state index is 2.24. The first-order valence-corrected chi connectivity index (χ1v) is 3.83. The van der Waals surface area contributed by atoms with Gasteiger partial charge in [0.05, 0.1) is 13.1 Å². The van der Waals surface area contributed by atoms with E-state index < -0.39 is 0 Å². The summed E-state index contributed by atoms with van der Waals surface area (Å²) < 4.78 is 4.43. The number of hydrogen-bond acceptors (Lipinski definition) is 0. The third-order valence-corrected chi connectivity index (χ3v) is 1.80. The first-order valence-electron chi connectivity index (χ1n) is 3.83. The molecule has 0 radical (unpaired) electrons. The van der Waals surface area contributed by atoms with Gasteiger partial charge in [-0.2, -0.15) is 0 Å². The predicted octanol–water partition coefficient (Wildman–Crippen LogP) is 1.12. The summed E-state index contributed by atoms with van der Waals surface area (Å²) in [6.45, 7) is 8.58. The zero-order chi connectivity index (χ0) is 7.56. The molecule has 0 saturated heterocycles. The fourth-order valence-corrected chi connectivity index (χ4v) is 1.12. The fraction of sp³-hybridized carbons (Fsp3) is 0.625. The second-order valence-electron chi connectivity index (χ2n) is 2.50. The van der Waals surface area contributed by atoms with Gasteiger partial charge in [-0.15, -0.1) is 0 Å². The summed E-state index contributed by atoms with van der Waals surface area (Å²) in [7, 11) is 0. The van der Waals surface area contributed by atoms with Gasteiger partial charge in [0, 0.05) is 6.92 Å². The third-order valence-electron chi connectivity index (χ3n) is 1.80. The molecule has 56 valence electrons. The van der Waals surface area contributed by atoms with E-state index in [4.69, 9.17) is 0 Å². The summed E-state index contributed by atoms with van der Waals surface area (Å²) in [5.41, 5.74) is 1.34. The molecule has 1 aromatic heterocycles. The first kappa shape index (κ1) is 7.32. The number of aromatic nitrogens is 2. The molecule has 0 amide bonds. The van der Waals surface area contributed by atoms with Crippen molar-refractivity contribution in [3.63, 3.8) is 0 Å². The number of aryl methyl sites for hydroxylation is 3. The summed E-state index contributed by atoms with van der Waals surface area (Å²) in [5.74, 6) is 0. The standard InChI is InChI=1S/C8H15N2/c1-4-9-6-8(3)10(5-2)7-9/h6-7H,4-5H2,1-3H3/q+1. The molecule has 2 heteroatoms. The zero-order valence-electron chi connectivity index (χ0n) is 6.96. The number of imidazole rings is 1. The van der Waals surface area contributed by atoms with Crippen molar-refractivity contribution in [2.24, 2.45) is 0 Å². The highest BCUT2D eigenvalue weighted by Gasteiger charge is 2.04. The average molecular weight is 139 g/mol. The van der Waals surface area contributed by atoms with E-state index >= 15 is 0 Å². The van der Waals surface area contributed by atoms with Gasteiger partial charge in [0.15, 0.2) is 0 Å². The fourth-order valence-electron chi connectivity index (χ4n) is 1.12. The highest BCUT2D eigenvalue weighted by molar-refractivity contribution is 4.88. The first-order chi connectivity index (χ1) is 4.77. The Kier molecular flexibility index (Phi) is 2.10. The average Bonchev–Trinajstić information content (AvgIpc) is 2.30. The van der Waals surface area contributed by atoms with E-state index in [-0.39, 0.29) is 0 Å². The van der Waals surface area contributed by atoms with Crippen molar-refractivity contribution >= 4 is 0 Å². The van der Waals surface area contributed by atoms with Crippen LogP contribution in [0.15, 0.2) is 12.5 Å². The second-order valence-corrected chi connectivity index (χ2v) is 2.50. The summed E-state index contributed by atoms with van der Waals surface area (Å²) in [6, 6.07) is 0. The van der Waals surface area contributed by atoms with E-state index in [1.807, 2.05) is 0 Å². The predicted molar refractivity (Wildman–Crippen MR) is 40.7 cm³/mol. The summed E-state index contributed by atoms with van der Waals surface area (Å²) in [5, 5.41) is 0. The van der Waals surface area contributed by atoms with Gasteiger partial charge in [-0.05, 0) is 13.8 Å². The van der Waals surface area contributed by atoms with Gasteiger partial charge in [0.25, 0.3) is 0 Å². The lowest BCUT2D eigenvalue weighted by Gasteiger charge is -1.87. The van der Waals surface area contributed by atoms with Crippen LogP contribution in [0.4, 0.5) is 0 Å². The van der Waals surface area contributed by atoms with Gasteiger partial charge in [-0.1, -0.05) is 0 Å². The molecule has 1 heterocycles. The van der Waals surface area contributed by atoms with Crippen molar-refractivity contribution < 1.29 is 4.57 Å². The van der Waals surface area contributed by atoms with Crippen LogP contribution in [0.3, 0.4) is 0 Å². The smallest absolute Gasteiger partial charge is 0.237 e. The van der Waals surface area contributed by atoms with E-state index in [0.29, 0.717) is 0 Å². The second kappa shape index (κ2) is 2.86. The van der Waals surface area contributed by atoms with Crippen LogP contribution in [-0.4, -0.2) is 4.57 Å². The molecule has 2 nitrogen and oxygen atoms in total. The van der Waals surface area contributed by atoms with Crippen LogP contribution >= 0.6 is 0 Å². The molecule has 0 aliphatic carbocycles. The Morgan fingerprint density at radius 3 is 2.50 bits per heavy atom. The molecular formula is C8H15N2+. The summed E-state index contributed by atoms with van der Waals surface area (Å²) in [4.78, 5) is 0. The minimum atomic E-state index is 1.06. The lowest BCUT2D eigenvalue weighted by atomic mass is 10.5. The highest BCUT2D eigenvalue weighted by atomic mass is 15.1. The molecule has 0 atom stereocenters. The normalized spacial score (nSPS) is 10.3. The van der Waals surface area contributed by atoms with Crippen LogP contribution in [0.5, 0.6) is 0 Å². The molecular weight excluding hydrogens is 124 g/mol. The SMILES string of the molecule is CCn1c[n+](CC)cc1C. The van der Waals surface area contributed by atoms with E-state index in [2.05, 4.69) is 42.4 Å². The number of nitrogens with zero attached hydrogens (tertiary/aromatic N) is 2. The van der Waals surface area contributed by atoms with Crippen molar-refractivity contribution in [1.29, 1.82) is 0 Å². The van der Waals surface area contributed by atoms with Gasteiger partial charge >= 0.3 is 0 Å². The van der Waals surface area contributed by atoms with Crippen LogP contribution in [0.2, 0.25) is 0 Å². The molecule has 0 spiro atoms. The Morgan fingerprint density at radius 2 is 2.20 bits per heavy atom. The zero-order valence-corrected chi connectivity index (χ0v) is 6.96. The van der Waals surface area contributed by atoms with Crippen molar-refractivity contribution in [3.8, 4) is 0 Å². The van der Waals surface area contributed by atoms with E-state index in [9.17, 15) is 0 Å². The largest absolute Gasteiger partial charge is 0.243 e. The van der Waals surface area contributed by atoms with Crippen molar-refractivity contribution in [2.75, 3.05) is 0 Å². The van der Waals surface area contributed by atoms with E-state index in [1.54, 1.807) is 0 Å². The molecule has 0 saturated carbocycles. The van der Waals surface area contributed by atoms with Crippen LogP contribution in [0.1, 0.15) is 19.5 Å². The van der Waals surface area contributed by atoms with Crippen LogP contribution < -0.4 is 4.57 Å². The lowest BCUT2D eigenvalue weighted by molar-refractivity contribution is -0.693. The molecule has 1 rings (SSSR count). The molecule has 0 aliphatic rings. The number of rotatable bonds is 2. The van der Waals surface area contributed by atoms with Gasteiger partial charge in [0.2, 0.25) is 6.33 Å². The monoisotopic (exact) mass is 139 g/mol.